The minimum absolute atomic E-state index is 0.00625. The van der Waals surface area contributed by atoms with Crippen molar-refractivity contribution in [3.8, 4) is 5.75 Å². The fraction of sp³-hybridized carbons (Fsp3) is 0.292. The van der Waals surface area contributed by atoms with E-state index in [9.17, 15) is 9.59 Å². The van der Waals surface area contributed by atoms with Crippen LogP contribution in [0.5, 0.6) is 5.75 Å². The molecule has 162 valence electrons. The van der Waals surface area contributed by atoms with Crippen molar-refractivity contribution < 1.29 is 18.8 Å². The van der Waals surface area contributed by atoms with Crippen molar-refractivity contribution in [2.24, 2.45) is 0 Å². The van der Waals surface area contributed by atoms with E-state index in [4.69, 9.17) is 9.26 Å². The zero-order valence-corrected chi connectivity index (χ0v) is 17.6. The number of benzene rings is 2. The molecule has 0 aliphatic rings. The Labute approximate surface area is 181 Å². The number of amides is 2. The molecule has 0 saturated heterocycles. The summed E-state index contributed by atoms with van der Waals surface area (Å²) in [6, 6.07) is 18.6. The minimum atomic E-state index is -0.283. The summed E-state index contributed by atoms with van der Waals surface area (Å²) in [5.74, 6) is 0.794. The molecule has 7 heteroatoms. The molecule has 2 aromatic carbocycles. The number of nitrogens with one attached hydrogen (secondary N) is 2. The molecule has 0 aliphatic carbocycles. The Morgan fingerprint density at radius 3 is 2.58 bits per heavy atom. The molecule has 7 nitrogen and oxygen atoms in total. The summed E-state index contributed by atoms with van der Waals surface area (Å²) in [4.78, 5) is 24.0. The summed E-state index contributed by atoms with van der Waals surface area (Å²) in [6.45, 7) is 2.71. The van der Waals surface area contributed by atoms with Crippen molar-refractivity contribution in [1.29, 1.82) is 0 Å². The number of carbonyl (C=O) groups excluding carboxylic acids is 2. The molecule has 1 aromatic heterocycles. The van der Waals surface area contributed by atoms with Crippen LogP contribution in [-0.4, -0.2) is 23.5 Å². The number of carbonyl (C=O) groups is 2. The number of hydrogen-bond acceptors (Lipinski definition) is 5. The molecular weight excluding hydrogens is 394 g/mol. The van der Waals surface area contributed by atoms with Crippen molar-refractivity contribution in [2.75, 3.05) is 11.9 Å². The Bertz CT molecular complexity index is 968. The molecule has 0 aliphatic heterocycles. The zero-order chi connectivity index (χ0) is 21.9. The van der Waals surface area contributed by atoms with E-state index >= 15 is 0 Å². The van der Waals surface area contributed by atoms with Crippen LogP contribution in [-0.2, 0) is 17.8 Å². The van der Waals surface area contributed by atoms with Gasteiger partial charge in [-0.3, -0.25) is 9.59 Å². The fourth-order valence-electron chi connectivity index (χ4n) is 2.89. The third kappa shape index (κ3) is 7.29. The first-order valence-corrected chi connectivity index (χ1v) is 10.4. The molecule has 0 bridgehead atoms. The lowest BCUT2D eigenvalue weighted by molar-refractivity contribution is -0.116. The van der Waals surface area contributed by atoms with Crippen LogP contribution in [0, 0.1) is 0 Å². The highest BCUT2D eigenvalue weighted by Crippen LogP contribution is 2.18. The van der Waals surface area contributed by atoms with Gasteiger partial charge >= 0.3 is 0 Å². The lowest BCUT2D eigenvalue weighted by atomic mass is 10.1. The van der Waals surface area contributed by atoms with Gasteiger partial charge in [-0.05, 0) is 42.7 Å². The van der Waals surface area contributed by atoms with E-state index in [1.807, 2.05) is 30.3 Å². The monoisotopic (exact) mass is 421 g/mol. The van der Waals surface area contributed by atoms with Crippen molar-refractivity contribution in [2.45, 2.75) is 39.2 Å². The van der Waals surface area contributed by atoms with Crippen molar-refractivity contribution in [3.05, 3.63) is 77.7 Å². The predicted molar refractivity (Wildman–Crippen MR) is 118 cm³/mol. The summed E-state index contributed by atoms with van der Waals surface area (Å²) in [6.07, 6.45) is 3.12. The second-order valence-corrected chi connectivity index (χ2v) is 7.13. The fourth-order valence-corrected chi connectivity index (χ4v) is 2.89. The van der Waals surface area contributed by atoms with E-state index in [0.717, 1.165) is 30.5 Å². The first-order chi connectivity index (χ1) is 15.1. The van der Waals surface area contributed by atoms with Crippen LogP contribution in [0.2, 0.25) is 0 Å². The predicted octanol–water partition coefficient (Wildman–Crippen LogP) is 4.35. The second kappa shape index (κ2) is 11.5. The Kier molecular flexibility index (Phi) is 8.22. The summed E-state index contributed by atoms with van der Waals surface area (Å²) < 4.78 is 10.9. The largest absolute Gasteiger partial charge is 0.486 e. The Morgan fingerprint density at radius 2 is 1.84 bits per heavy atom. The molecule has 2 N–H and O–H groups in total. The van der Waals surface area contributed by atoms with Crippen LogP contribution >= 0.6 is 0 Å². The zero-order valence-electron chi connectivity index (χ0n) is 17.6. The van der Waals surface area contributed by atoms with Gasteiger partial charge in [0.05, 0.1) is 0 Å². The van der Waals surface area contributed by atoms with Crippen LogP contribution in [0.1, 0.15) is 48.0 Å². The maximum atomic E-state index is 12.2. The highest BCUT2D eigenvalue weighted by atomic mass is 16.5. The van der Waals surface area contributed by atoms with Gasteiger partial charge in [0, 0.05) is 24.7 Å². The number of unbranched alkanes of at least 4 members (excludes halogenated alkanes) is 1. The van der Waals surface area contributed by atoms with Crippen molar-refractivity contribution in [3.63, 3.8) is 0 Å². The minimum Gasteiger partial charge on any atom is -0.486 e. The quantitative estimate of drug-likeness (QED) is 0.480. The van der Waals surface area contributed by atoms with Gasteiger partial charge < -0.3 is 19.9 Å². The number of rotatable bonds is 11. The van der Waals surface area contributed by atoms with Gasteiger partial charge in [-0.15, -0.1) is 0 Å². The molecule has 3 aromatic rings. The molecule has 0 fully saturated rings. The first-order valence-electron chi connectivity index (χ1n) is 10.4. The molecule has 0 atom stereocenters. The van der Waals surface area contributed by atoms with Crippen molar-refractivity contribution >= 4 is 17.5 Å². The standard InChI is InChI=1S/C24H27N3O4/c1-2-3-9-23(28)26-19-10-12-20(13-11-19)30-17-21-16-22(27-31-21)24(29)25-15-14-18-7-5-4-6-8-18/h4-8,10-13,16H,2-3,9,14-15,17H2,1H3,(H,25,29)(H,26,28). The third-order valence-corrected chi connectivity index (χ3v) is 4.61. The molecular formula is C24H27N3O4. The summed E-state index contributed by atoms with van der Waals surface area (Å²) in [5, 5.41) is 9.50. The number of ether oxygens (including phenoxy) is 1. The average molecular weight is 421 g/mol. The van der Waals surface area contributed by atoms with Crippen LogP contribution in [0.25, 0.3) is 0 Å². The highest BCUT2D eigenvalue weighted by molar-refractivity contribution is 5.92. The van der Waals surface area contributed by atoms with Gasteiger partial charge in [-0.1, -0.05) is 48.8 Å². The molecule has 3 rings (SSSR count). The lowest BCUT2D eigenvalue weighted by Gasteiger charge is -2.07. The van der Waals surface area contributed by atoms with Gasteiger partial charge in [0.1, 0.15) is 12.4 Å². The number of anilines is 1. The van der Waals surface area contributed by atoms with Gasteiger partial charge in [0.25, 0.3) is 5.91 Å². The number of aromatic nitrogens is 1. The lowest BCUT2D eigenvalue weighted by Crippen LogP contribution is -2.25. The number of nitrogens with zero attached hydrogens (tertiary/aromatic N) is 1. The van der Waals surface area contributed by atoms with E-state index in [1.54, 1.807) is 30.3 Å². The van der Waals surface area contributed by atoms with Gasteiger partial charge in [-0.2, -0.15) is 0 Å². The molecule has 0 radical (unpaired) electrons. The second-order valence-electron chi connectivity index (χ2n) is 7.13. The topological polar surface area (TPSA) is 93.5 Å². The maximum Gasteiger partial charge on any atom is 0.273 e. The molecule has 0 saturated carbocycles. The molecule has 1 heterocycles. The van der Waals surface area contributed by atoms with Crippen LogP contribution < -0.4 is 15.4 Å². The summed E-state index contributed by atoms with van der Waals surface area (Å²) in [5.41, 5.74) is 2.10. The summed E-state index contributed by atoms with van der Waals surface area (Å²) >= 11 is 0. The Hall–Kier alpha value is -3.61. The molecule has 0 unspecified atom stereocenters. The van der Waals surface area contributed by atoms with E-state index in [0.29, 0.717) is 24.5 Å². The van der Waals surface area contributed by atoms with Gasteiger partial charge in [-0.25, -0.2) is 0 Å². The summed E-state index contributed by atoms with van der Waals surface area (Å²) in [7, 11) is 0. The third-order valence-electron chi connectivity index (χ3n) is 4.61. The molecule has 31 heavy (non-hydrogen) atoms. The van der Waals surface area contributed by atoms with E-state index in [1.165, 1.54) is 0 Å². The molecule has 2 amide bonds. The first kappa shape index (κ1) is 22.1. The van der Waals surface area contributed by atoms with E-state index in [-0.39, 0.29) is 24.1 Å². The average Bonchev–Trinajstić information content (AvgIpc) is 3.27. The Morgan fingerprint density at radius 1 is 1.06 bits per heavy atom. The normalized spacial score (nSPS) is 10.5. The molecule has 0 spiro atoms. The SMILES string of the molecule is CCCCC(=O)Nc1ccc(OCc2cc(C(=O)NCCc3ccccc3)no2)cc1. The van der Waals surface area contributed by atoms with E-state index in [2.05, 4.69) is 22.7 Å². The number of hydrogen-bond donors (Lipinski definition) is 2. The van der Waals surface area contributed by atoms with Crippen LogP contribution in [0.15, 0.2) is 65.2 Å². The maximum absolute atomic E-state index is 12.2. The van der Waals surface area contributed by atoms with Crippen LogP contribution in [0.4, 0.5) is 5.69 Å². The van der Waals surface area contributed by atoms with E-state index < -0.39 is 0 Å². The van der Waals surface area contributed by atoms with Gasteiger partial charge in [0.15, 0.2) is 11.5 Å². The van der Waals surface area contributed by atoms with Gasteiger partial charge in [0.2, 0.25) is 5.91 Å². The van der Waals surface area contributed by atoms with Crippen molar-refractivity contribution in [1.82, 2.24) is 10.5 Å². The smallest absolute Gasteiger partial charge is 0.273 e. The Balaban J connectivity index is 1.42. The van der Waals surface area contributed by atoms with Crippen LogP contribution in [0.3, 0.4) is 0 Å². The highest BCUT2D eigenvalue weighted by Gasteiger charge is 2.12.